The molecule has 0 saturated heterocycles. The normalized spacial score (nSPS) is 12.6. The SMILES string of the molecule is CCCn1nc(C)c(N)c1NC(C)c1ncc(C)s1. The predicted molar refractivity (Wildman–Crippen MR) is 80.6 cm³/mol. The first-order valence-corrected chi connectivity index (χ1v) is 7.36. The van der Waals surface area contributed by atoms with Crippen molar-refractivity contribution in [1.82, 2.24) is 14.8 Å². The Labute approximate surface area is 117 Å². The molecule has 0 aliphatic carbocycles. The molecule has 2 heterocycles. The molecule has 1 unspecified atom stereocenters. The molecule has 0 spiro atoms. The van der Waals surface area contributed by atoms with E-state index in [-0.39, 0.29) is 6.04 Å². The van der Waals surface area contributed by atoms with E-state index in [4.69, 9.17) is 5.73 Å². The van der Waals surface area contributed by atoms with Gasteiger partial charge in [-0.15, -0.1) is 11.3 Å². The second-order valence-corrected chi connectivity index (χ2v) is 6.01. The Kier molecular flexibility index (Phi) is 4.09. The number of nitrogens with one attached hydrogen (secondary N) is 1. The number of rotatable bonds is 5. The van der Waals surface area contributed by atoms with Gasteiger partial charge in [0.25, 0.3) is 0 Å². The zero-order valence-electron chi connectivity index (χ0n) is 11.9. The van der Waals surface area contributed by atoms with Crippen LogP contribution in [0.25, 0.3) is 0 Å². The van der Waals surface area contributed by atoms with Crippen LogP contribution in [0.1, 0.15) is 41.9 Å². The zero-order chi connectivity index (χ0) is 14.0. The minimum Gasteiger partial charge on any atom is -0.394 e. The highest BCUT2D eigenvalue weighted by molar-refractivity contribution is 7.11. The molecule has 0 saturated carbocycles. The lowest BCUT2D eigenvalue weighted by molar-refractivity contribution is 0.599. The lowest BCUT2D eigenvalue weighted by Crippen LogP contribution is -2.12. The highest BCUT2D eigenvalue weighted by Crippen LogP contribution is 2.28. The van der Waals surface area contributed by atoms with E-state index in [2.05, 4.69) is 36.2 Å². The highest BCUT2D eigenvalue weighted by atomic mass is 32.1. The average molecular weight is 279 g/mol. The molecule has 0 bridgehead atoms. The third-order valence-electron chi connectivity index (χ3n) is 2.97. The number of hydrogen-bond acceptors (Lipinski definition) is 5. The van der Waals surface area contributed by atoms with Gasteiger partial charge in [-0.25, -0.2) is 9.67 Å². The van der Waals surface area contributed by atoms with Crippen molar-refractivity contribution in [2.24, 2.45) is 0 Å². The van der Waals surface area contributed by atoms with Crippen LogP contribution < -0.4 is 11.1 Å². The number of anilines is 2. The Hall–Kier alpha value is -1.56. The lowest BCUT2D eigenvalue weighted by atomic mass is 10.3. The first-order valence-electron chi connectivity index (χ1n) is 6.54. The van der Waals surface area contributed by atoms with Crippen LogP contribution in [0, 0.1) is 13.8 Å². The van der Waals surface area contributed by atoms with Crippen molar-refractivity contribution >= 4 is 22.8 Å². The summed E-state index contributed by atoms with van der Waals surface area (Å²) in [6, 6.07) is 0.132. The van der Waals surface area contributed by atoms with E-state index in [1.807, 2.05) is 17.8 Å². The lowest BCUT2D eigenvalue weighted by Gasteiger charge is -2.15. The fourth-order valence-corrected chi connectivity index (χ4v) is 2.74. The van der Waals surface area contributed by atoms with Gasteiger partial charge in [0.05, 0.1) is 17.4 Å². The Balaban J connectivity index is 2.22. The fourth-order valence-electron chi connectivity index (χ4n) is 1.96. The standard InChI is InChI=1S/C13H21N5S/c1-5-6-18-12(11(14)9(3)17-18)16-10(4)13-15-7-8(2)19-13/h7,10,16H,5-6,14H2,1-4H3. The number of nitrogens with zero attached hydrogens (tertiary/aromatic N) is 3. The van der Waals surface area contributed by atoms with Crippen molar-refractivity contribution in [3.8, 4) is 0 Å². The van der Waals surface area contributed by atoms with Gasteiger partial charge in [0.2, 0.25) is 0 Å². The smallest absolute Gasteiger partial charge is 0.148 e. The number of aryl methyl sites for hydroxylation is 3. The monoisotopic (exact) mass is 279 g/mol. The maximum Gasteiger partial charge on any atom is 0.148 e. The van der Waals surface area contributed by atoms with E-state index < -0.39 is 0 Å². The summed E-state index contributed by atoms with van der Waals surface area (Å²) >= 11 is 1.70. The molecule has 104 valence electrons. The van der Waals surface area contributed by atoms with E-state index >= 15 is 0 Å². The van der Waals surface area contributed by atoms with Gasteiger partial charge in [0.1, 0.15) is 10.8 Å². The van der Waals surface area contributed by atoms with Crippen LogP contribution in [-0.2, 0) is 6.54 Å². The predicted octanol–water partition coefficient (Wildman–Crippen LogP) is 3.12. The fraction of sp³-hybridized carbons (Fsp3) is 0.538. The molecule has 0 radical (unpaired) electrons. The molecule has 6 heteroatoms. The minimum absolute atomic E-state index is 0.132. The third-order valence-corrected chi connectivity index (χ3v) is 4.07. The first-order chi connectivity index (χ1) is 9.02. The highest BCUT2D eigenvalue weighted by Gasteiger charge is 2.16. The molecule has 0 aromatic carbocycles. The summed E-state index contributed by atoms with van der Waals surface area (Å²) in [5.74, 6) is 0.903. The maximum absolute atomic E-state index is 6.10. The van der Waals surface area contributed by atoms with E-state index in [1.165, 1.54) is 4.88 Å². The number of thiazole rings is 1. The summed E-state index contributed by atoms with van der Waals surface area (Å²) in [5.41, 5.74) is 7.71. The second-order valence-electron chi connectivity index (χ2n) is 4.75. The average Bonchev–Trinajstić information content (AvgIpc) is 2.90. The van der Waals surface area contributed by atoms with Crippen molar-refractivity contribution in [3.63, 3.8) is 0 Å². The van der Waals surface area contributed by atoms with Gasteiger partial charge < -0.3 is 11.1 Å². The topological polar surface area (TPSA) is 68.8 Å². The van der Waals surface area contributed by atoms with Crippen LogP contribution in [0.3, 0.4) is 0 Å². The molecular weight excluding hydrogens is 258 g/mol. The number of nitrogen functional groups attached to an aromatic ring is 1. The molecule has 2 aromatic heterocycles. The van der Waals surface area contributed by atoms with Crippen LogP contribution in [0.2, 0.25) is 0 Å². The van der Waals surface area contributed by atoms with Gasteiger partial charge in [-0.05, 0) is 27.2 Å². The Morgan fingerprint density at radius 1 is 1.47 bits per heavy atom. The van der Waals surface area contributed by atoms with E-state index in [0.717, 1.165) is 35.2 Å². The van der Waals surface area contributed by atoms with Crippen molar-refractivity contribution in [2.45, 2.75) is 46.7 Å². The van der Waals surface area contributed by atoms with Gasteiger partial charge in [0, 0.05) is 17.6 Å². The molecule has 0 aliphatic rings. The molecule has 5 nitrogen and oxygen atoms in total. The molecule has 1 atom stereocenters. The Morgan fingerprint density at radius 2 is 2.21 bits per heavy atom. The summed E-state index contributed by atoms with van der Waals surface area (Å²) < 4.78 is 1.95. The van der Waals surface area contributed by atoms with Crippen LogP contribution in [0.4, 0.5) is 11.5 Å². The maximum atomic E-state index is 6.10. The summed E-state index contributed by atoms with van der Waals surface area (Å²) in [6.07, 6.45) is 2.93. The Morgan fingerprint density at radius 3 is 2.79 bits per heavy atom. The van der Waals surface area contributed by atoms with Gasteiger partial charge in [-0.2, -0.15) is 5.10 Å². The van der Waals surface area contributed by atoms with Crippen molar-refractivity contribution < 1.29 is 0 Å². The van der Waals surface area contributed by atoms with Gasteiger partial charge in [-0.1, -0.05) is 6.92 Å². The van der Waals surface area contributed by atoms with E-state index in [1.54, 1.807) is 11.3 Å². The molecular formula is C13H21N5S. The second kappa shape index (κ2) is 5.61. The number of aromatic nitrogens is 3. The van der Waals surface area contributed by atoms with Gasteiger partial charge in [0.15, 0.2) is 0 Å². The Bertz CT molecular complexity index is 557. The quantitative estimate of drug-likeness (QED) is 0.882. The van der Waals surface area contributed by atoms with E-state index in [0.29, 0.717) is 0 Å². The van der Waals surface area contributed by atoms with Gasteiger partial charge >= 0.3 is 0 Å². The zero-order valence-corrected chi connectivity index (χ0v) is 12.7. The largest absolute Gasteiger partial charge is 0.394 e. The van der Waals surface area contributed by atoms with Crippen molar-refractivity contribution in [3.05, 3.63) is 21.8 Å². The van der Waals surface area contributed by atoms with Crippen molar-refractivity contribution in [2.75, 3.05) is 11.1 Å². The summed E-state index contributed by atoms with van der Waals surface area (Å²) in [7, 11) is 0. The molecule has 3 N–H and O–H groups in total. The van der Waals surface area contributed by atoms with Crippen LogP contribution in [0.15, 0.2) is 6.20 Å². The minimum atomic E-state index is 0.132. The van der Waals surface area contributed by atoms with E-state index in [9.17, 15) is 0 Å². The van der Waals surface area contributed by atoms with Gasteiger partial charge in [-0.3, -0.25) is 0 Å². The molecule has 0 aliphatic heterocycles. The molecule has 0 amide bonds. The van der Waals surface area contributed by atoms with Crippen LogP contribution >= 0.6 is 11.3 Å². The number of hydrogen-bond donors (Lipinski definition) is 2. The number of nitrogens with two attached hydrogens (primary N) is 1. The molecule has 2 aromatic rings. The summed E-state index contributed by atoms with van der Waals surface area (Å²) in [4.78, 5) is 5.63. The van der Waals surface area contributed by atoms with Crippen LogP contribution in [-0.4, -0.2) is 14.8 Å². The third kappa shape index (κ3) is 2.89. The van der Waals surface area contributed by atoms with Crippen molar-refractivity contribution in [1.29, 1.82) is 0 Å². The molecule has 2 rings (SSSR count). The summed E-state index contributed by atoms with van der Waals surface area (Å²) in [6.45, 7) is 9.09. The summed E-state index contributed by atoms with van der Waals surface area (Å²) in [5, 5.41) is 8.97. The molecule has 19 heavy (non-hydrogen) atoms. The molecule has 0 fully saturated rings. The van der Waals surface area contributed by atoms with Crippen LogP contribution in [0.5, 0.6) is 0 Å². The first kappa shape index (κ1) is 13.9.